The van der Waals surface area contributed by atoms with E-state index in [0.717, 1.165) is 31.9 Å². The lowest BCUT2D eigenvalue weighted by Crippen LogP contribution is -2.31. The van der Waals surface area contributed by atoms with Gasteiger partial charge in [-0.3, -0.25) is 19.9 Å². The van der Waals surface area contributed by atoms with Crippen LogP contribution in [-0.4, -0.2) is 41.6 Å². The number of nitro groups is 1. The first-order chi connectivity index (χ1) is 14.4. The molecule has 0 saturated carbocycles. The van der Waals surface area contributed by atoms with Gasteiger partial charge in [-0.05, 0) is 42.7 Å². The smallest absolute Gasteiger partial charge is 0.310 e. The number of carbonyl (C=O) groups is 1. The first-order valence-corrected chi connectivity index (χ1v) is 11.0. The summed E-state index contributed by atoms with van der Waals surface area (Å²) in [5, 5.41) is 13.4. The van der Waals surface area contributed by atoms with Crippen LogP contribution in [0, 0.1) is 10.1 Å². The number of aromatic nitrogens is 1. The molecule has 1 aromatic heterocycles. The van der Waals surface area contributed by atoms with Crippen LogP contribution in [0.25, 0.3) is 6.08 Å². The standard InChI is InChI=1S/C20H22N4O5S/c25-20(22-18-11-12-21-15-19(18)24(26)27)10-7-16-5-8-17(9-6-16)30(28,29)23-13-3-1-2-4-14-23/h5-12,15H,1-4,13-14H2,(H,21,22,25)/b10-7+. The highest BCUT2D eigenvalue weighted by Crippen LogP contribution is 2.23. The number of anilines is 1. The molecule has 1 fully saturated rings. The third-order valence-electron chi connectivity index (χ3n) is 4.76. The van der Waals surface area contributed by atoms with Gasteiger partial charge in [0.25, 0.3) is 0 Å². The number of benzene rings is 1. The van der Waals surface area contributed by atoms with Gasteiger partial charge in [0.2, 0.25) is 15.9 Å². The van der Waals surface area contributed by atoms with Crippen molar-refractivity contribution in [3.63, 3.8) is 0 Å². The van der Waals surface area contributed by atoms with Gasteiger partial charge in [0, 0.05) is 25.4 Å². The minimum absolute atomic E-state index is 0.0449. The zero-order chi connectivity index (χ0) is 21.6. The van der Waals surface area contributed by atoms with Crippen molar-refractivity contribution in [1.29, 1.82) is 0 Å². The van der Waals surface area contributed by atoms with Crippen LogP contribution in [0.4, 0.5) is 11.4 Å². The van der Waals surface area contributed by atoms with E-state index >= 15 is 0 Å². The molecule has 1 aliphatic heterocycles. The van der Waals surface area contributed by atoms with Gasteiger partial charge in [-0.25, -0.2) is 8.42 Å². The highest BCUT2D eigenvalue weighted by molar-refractivity contribution is 7.89. The number of nitrogens with one attached hydrogen (secondary N) is 1. The molecule has 3 rings (SSSR count). The number of sulfonamides is 1. The number of pyridine rings is 1. The third-order valence-corrected chi connectivity index (χ3v) is 6.68. The molecule has 158 valence electrons. The maximum Gasteiger partial charge on any atom is 0.310 e. The van der Waals surface area contributed by atoms with E-state index < -0.39 is 20.9 Å². The first-order valence-electron chi connectivity index (χ1n) is 9.55. The molecule has 1 aliphatic rings. The van der Waals surface area contributed by atoms with Crippen LogP contribution in [0.1, 0.15) is 31.2 Å². The first kappa shape index (κ1) is 21.6. The Morgan fingerprint density at radius 1 is 1.10 bits per heavy atom. The zero-order valence-electron chi connectivity index (χ0n) is 16.2. The lowest BCUT2D eigenvalue weighted by atomic mass is 10.2. The lowest BCUT2D eigenvalue weighted by molar-refractivity contribution is -0.384. The molecule has 0 radical (unpaired) electrons. The molecule has 10 heteroatoms. The Kier molecular flexibility index (Phi) is 6.91. The normalized spacial score (nSPS) is 15.6. The Hall–Kier alpha value is -3.11. The molecule has 2 heterocycles. The number of carbonyl (C=O) groups excluding carboxylic acids is 1. The van der Waals surface area contributed by atoms with Gasteiger partial charge in [-0.15, -0.1) is 0 Å². The van der Waals surface area contributed by atoms with E-state index in [1.807, 2.05) is 0 Å². The van der Waals surface area contributed by atoms with E-state index in [1.165, 1.54) is 40.9 Å². The van der Waals surface area contributed by atoms with E-state index in [-0.39, 0.29) is 16.3 Å². The summed E-state index contributed by atoms with van der Waals surface area (Å²) in [6, 6.07) is 7.61. The van der Waals surface area contributed by atoms with Crippen LogP contribution in [-0.2, 0) is 14.8 Å². The molecular weight excluding hydrogens is 408 g/mol. The summed E-state index contributed by atoms with van der Waals surface area (Å²) in [6.07, 6.45) is 8.95. The van der Waals surface area contributed by atoms with Crippen molar-refractivity contribution in [2.45, 2.75) is 30.6 Å². The van der Waals surface area contributed by atoms with Crippen molar-refractivity contribution in [3.05, 3.63) is 64.5 Å². The monoisotopic (exact) mass is 430 g/mol. The highest BCUT2D eigenvalue weighted by Gasteiger charge is 2.24. The maximum absolute atomic E-state index is 12.8. The van der Waals surface area contributed by atoms with Crippen LogP contribution >= 0.6 is 0 Å². The van der Waals surface area contributed by atoms with Crippen molar-refractivity contribution < 1.29 is 18.1 Å². The fourth-order valence-electron chi connectivity index (χ4n) is 3.17. The summed E-state index contributed by atoms with van der Waals surface area (Å²) in [7, 11) is -3.53. The number of hydrogen-bond acceptors (Lipinski definition) is 6. The second-order valence-corrected chi connectivity index (χ2v) is 8.80. The Balaban J connectivity index is 1.67. The predicted molar refractivity (Wildman–Crippen MR) is 112 cm³/mol. The summed E-state index contributed by atoms with van der Waals surface area (Å²) in [5.41, 5.74) is 0.370. The molecule has 1 N–H and O–H groups in total. The molecule has 0 bridgehead atoms. The molecule has 0 unspecified atom stereocenters. The summed E-state index contributed by atoms with van der Waals surface area (Å²) < 4.78 is 27.1. The molecule has 0 spiro atoms. The topological polar surface area (TPSA) is 123 Å². The molecule has 2 aromatic rings. The molecule has 9 nitrogen and oxygen atoms in total. The fraction of sp³-hybridized carbons (Fsp3) is 0.300. The highest BCUT2D eigenvalue weighted by atomic mass is 32.2. The Morgan fingerprint density at radius 2 is 1.77 bits per heavy atom. The van der Waals surface area contributed by atoms with Gasteiger partial charge in [-0.2, -0.15) is 4.31 Å². The van der Waals surface area contributed by atoms with Crippen molar-refractivity contribution in [2.75, 3.05) is 18.4 Å². The second kappa shape index (κ2) is 9.59. The van der Waals surface area contributed by atoms with E-state index in [2.05, 4.69) is 10.3 Å². The van der Waals surface area contributed by atoms with E-state index in [0.29, 0.717) is 18.7 Å². The minimum atomic E-state index is -3.53. The molecule has 0 atom stereocenters. The Labute approximate surface area is 174 Å². The van der Waals surface area contributed by atoms with Gasteiger partial charge in [-0.1, -0.05) is 25.0 Å². The van der Waals surface area contributed by atoms with E-state index in [4.69, 9.17) is 0 Å². The summed E-state index contributed by atoms with van der Waals surface area (Å²) in [6.45, 7) is 1.07. The summed E-state index contributed by atoms with van der Waals surface area (Å²) >= 11 is 0. The largest absolute Gasteiger partial charge is 0.317 e. The molecule has 1 aromatic carbocycles. The average Bonchev–Trinajstić information content (AvgIpc) is 3.03. The van der Waals surface area contributed by atoms with Gasteiger partial charge in [0.15, 0.2) is 0 Å². The third kappa shape index (κ3) is 5.28. The maximum atomic E-state index is 12.8. The average molecular weight is 430 g/mol. The Morgan fingerprint density at radius 3 is 2.40 bits per heavy atom. The number of hydrogen-bond donors (Lipinski definition) is 1. The van der Waals surface area contributed by atoms with Crippen LogP contribution in [0.2, 0.25) is 0 Å². The molecule has 30 heavy (non-hydrogen) atoms. The summed E-state index contributed by atoms with van der Waals surface area (Å²) in [5.74, 6) is -0.550. The van der Waals surface area contributed by atoms with Gasteiger partial charge >= 0.3 is 5.69 Å². The molecule has 1 amide bonds. The fourth-order valence-corrected chi connectivity index (χ4v) is 4.68. The van der Waals surface area contributed by atoms with Crippen molar-refractivity contribution in [3.8, 4) is 0 Å². The van der Waals surface area contributed by atoms with E-state index in [9.17, 15) is 23.3 Å². The zero-order valence-corrected chi connectivity index (χ0v) is 17.0. The number of rotatable bonds is 6. The van der Waals surface area contributed by atoms with Crippen molar-refractivity contribution >= 4 is 33.4 Å². The van der Waals surface area contributed by atoms with Crippen LogP contribution < -0.4 is 5.32 Å². The van der Waals surface area contributed by atoms with Crippen molar-refractivity contribution in [1.82, 2.24) is 9.29 Å². The Bertz CT molecular complexity index is 1040. The lowest BCUT2D eigenvalue weighted by Gasteiger charge is -2.19. The van der Waals surface area contributed by atoms with Gasteiger partial charge in [0.05, 0.1) is 9.82 Å². The molecule has 1 saturated heterocycles. The number of amides is 1. The van der Waals surface area contributed by atoms with Crippen LogP contribution in [0.5, 0.6) is 0 Å². The summed E-state index contributed by atoms with van der Waals surface area (Å²) in [4.78, 5) is 26.3. The van der Waals surface area contributed by atoms with Gasteiger partial charge < -0.3 is 5.32 Å². The minimum Gasteiger partial charge on any atom is -0.317 e. The van der Waals surface area contributed by atoms with Gasteiger partial charge in [0.1, 0.15) is 11.9 Å². The van der Waals surface area contributed by atoms with Crippen LogP contribution in [0.3, 0.4) is 0 Å². The van der Waals surface area contributed by atoms with Crippen LogP contribution in [0.15, 0.2) is 53.7 Å². The molecular formula is C20H22N4O5S. The predicted octanol–water partition coefficient (Wildman–Crippen LogP) is 3.21. The van der Waals surface area contributed by atoms with E-state index in [1.54, 1.807) is 12.1 Å². The SMILES string of the molecule is O=C(/C=C/c1ccc(S(=O)(=O)N2CCCCCC2)cc1)Nc1ccncc1[N+](=O)[O-]. The quantitative estimate of drug-likeness (QED) is 0.426. The second-order valence-electron chi connectivity index (χ2n) is 6.86. The number of nitrogens with zero attached hydrogens (tertiary/aromatic N) is 3. The molecule has 0 aliphatic carbocycles. The van der Waals surface area contributed by atoms with Crippen molar-refractivity contribution in [2.24, 2.45) is 0 Å².